The maximum absolute atomic E-state index is 6.09. The Hall–Kier alpha value is -0.610. The van der Waals surface area contributed by atoms with Crippen LogP contribution in [0.2, 0.25) is 5.02 Å². The van der Waals surface area contributed by atoms with Crippen molar-refractivity contribution in [2.24, 2.45) is 5.73 Å². The van der Waals surface area contributed by atoms with Crippen molar-refractivity contribution >= 4 is 11.6 Å². The molecule has 4 heteroatoms. The highest BCUT2D eigenvalue weighted by Crippen LogP contribution is 2.37. The van der Waals surface area contributed by atoms with Gasteiger partial charge < -0.3 is 15.2 Å². The first kappa shape index (κ1) is 10.9. The number of rotatable bonds is 2. The summed E-state index contributed by atoms with van der Waals surface area (Å²) in [6, 6.07) is 7.52. The van der Waals surface area contributed by atoms with Gasteiger partial charge in [0.25, 0.3) is 0 Å². The minimum atomic E-state index is -0.762. The lowest BCUT2D eigenvalue weighted by atomic mass is 10.1. The first-order valence-electron chi connectivity index (χ1n) is 4.92. The van der Waals surface area contributed by atoms with Crippen molar-refractivity contribution < 1.29 is 9.47 Å². The molecule has 82 valence electrons. The Balaban J connectivity index is 2.27. The van der Waals surface area contributed by atoms with Crippen LogP contribution in [0.15, 0.2) is 24.3 Å². The molecule has 0 bridgehead atoms. The van der Waals surface area contributed by atoms with Crippen LogP contribution in [0.1, 0.15) is 12.5 Å². The van der Waals surface area contributed by atoms with Crippen molar-refractivity contribution in [3.05, 3.63) is 34.9 Å². The Labute approximate surface area is 94.1 Å². The van der Waals surface area contributed by atoms with Gasteiger partial charge in [0.2, 0.25) is 0 Å². The molecule has 1 heterocycles. The van der Waals surface area contributed by atoms with Crippen LogP contribution in [-0.2, 0) is 15.3 Å². The third-order valence-corrected chi connectivity index (χ3v) is 2.89. The van der Waals surface area contributed by atoms with Crippen molar-refractivity contribution in [2.75, 3.05) is 13.2 Å². The molecule has 1 aliphatic rings. The Morgan fingerprint density at radius 1 is 1.53 bits per heavy atom. The summed E-state index contributed by atoms with van der Waals surface area (Å²) in [4.78, 5) is 0. The van der Waals surface area contributed by atoms with Gasteiger partial charge in [0.15, 0.2) is 5.79 Å². The molecule has 1 saturated heterocycles. The van der Waals surface area contributed by atoms with Gasteiger partial charge in [-0.2, -0.15) is 0 Å². The normalized spacial score (nSPS) is 30.7. The second kappa shape index (κ2) is 4.10. The molecule has 0 spiro atoms. The molecule has 2 unspecified atom stereocenters. The zero-order chi connectivity index (χ0) is 10.9. The summed E-state index contributed by atoms with van der Waals surface area (Å²) in [6.45, 7) is 2.84. The smallest absolute Gasteiger partial charge is 0.193 e. The largest absolute Gasteiger partial charge is 0.343 e. The van der Waals surface area contributed by atoms with Crippen LogP contribution in [0, 0.1) is 0 Å². The average Bonchev–Trinajstić information content (AvgIpc) is 2.62. The van der Waals surface area contributed by atoms with E-state index < -0.39 is 5.79 Å². The van der Waals surface area contributed by atoms with Gasteiger partial charge in [-0.1, -0.05) is 29.8 Å². The van der Waals surface area contributed by atoms with Gasteiger partial charge >= 0.3 is 0 Å². The Kier molecular flexibility index (Phi) is 2.98. The van der Waals surface area contributed by atoms with Crippen LogP contribution >= 0.6 is 11.6 Å². The highest BCUT2D eigenvalue weighted by molar-refractivity contribution is 6.31. The topological polar surface area (TPSA) is 44.5 Å². The van der Waals surface area contributed by atoms with Crippen LogP contribution in [0.5, 0.6) is 0 Å². The summed E-state index contributed by atoms with van der Waals surface area (Å²) in [5.41, 5.74) is 6.38. The van der Waals surface area contributed by atoms with Crippen molar-refractivity contribution in [1.82, 2.24) is 0 Å². The summed E-state index contributed by atoms with van der Waals surface area (Å²) in [6.07, 6.45) is -0.0497. The van der Waals surface area contributed by atoms with Crippen LogP contribution < -0.4 is 5.73 Å². The van der Waals surface area contributed by atoms with Crippen LogP contribution in [-0.4, -0.2) is 19.3 Å². The van der Waals surface area contributed by atoms with Gasteiger partial charge in [-0.15, -0.1) is 0 Å². The van der Waals surface area contributed by atoms with E-state index in [0.717, 1.165) is 5.56 Å². The number of hydrogen-bond donors (Lipinski definition) is 1. The van der Waals surface area contributed by atoms with E-state index >= 15 is 0 Å². The average molecular weight is 228 g/mol. The molecule has 2 rings (SSSR count). The molecule has 2 atom stereocenters. The molecule has 1 aliphatic heterocycles. The van der Waals surface area contributed by atoms with Gasteiger partial charge in [0.05, 0.1) is 12.7 Å². The van der Waals surface area contributed by atoms with E-state index in [0.29, 0.717) is 18.2 Å². The summed E-state index contributed by atoms with van der Waals surface area (Å²) in [7, 11) is 0. The standard InChI is InChI=1S/C11H14ClNO2/c1-11(14-7-8(6-13)15-11)9-4-2-3-5-10(9)12/h2-5,8H,6-7,13H2,1H3. The third kappa shape index (κ3) is 2.01. The Bertz CT molecular complexity index is 358. The predicted molar refractivity (Wildman–Crippen MR) is 58.7 cm³/mol. The quantitative estimate of drug-likeness (QED) is 0.839. The molecule has 1 fully saturated rings. The third-order valence-electron chi connectivity index (χ3n) is 2.56. The highest BCUT2D eigenvalue weighted by atomic mass is 35.5. The molecule has 1 aromatic rings. The van der Waals surface area contributed by atoms with E-state index in [4.69, 9.17) is 26.8 Å². The SMILES string of the molecule is CC1(c2ccccc2Cl)OCC(CN)O1. The van der Waals surface area contributed by atoms with Gasteiger partial charge in [-0.3, -0.25) is 0 Å². The first-order chi connectivity index (χ1) is 7.15. The minimum Gasteiger partial charge on any atom is -0.343 e. The molecule has 3 nitrogen and oxygen atoms in total. The van der Waals surface area contributed by atoms with Crippen molar-refractivity contribution in [1.29, 1.82) is 0 Å². The number of ether oxygens (including phenoxy) is 2. The van der Waals surface area contributed by atoms with E-state index in [1.807, 2.05) is 31.2 Å². The lowest BCUT2D eigenvalue weighted by Crippen LogP contribution is -2.27. The number of nitrogens with two attached hydrogens (primary N) is 1. The van der Waals surface area contributed by atoms with Gasteiger partial charge in [0, 0.05) is 17.1 Å². The summed E-state index contributed by atoms with van der Waals surface area (Å²) in [5, 5.41) is 0.651. The fraction of sp³-hybridized carbons (Fsp3) is 0.455. The molecule has 0 aliphatic carbocycles. The van der Waals surface area contributed by atoms with Crippen LogP contribution in [0.3, 0.4) is 0 Å². The molecule has 0 amide bonds. The zero-order valence-corrected chi connectivity index (χ0v) is 9.33. The summed E-state index contributed by atoms with van der Waals surface area (Å²) in [5.74, 6) is -0.762. The van der Waals surface area contributed by atoms with Crippen LogP contribution in [0.4, 0.5) is 0 Å². The second-order valence-electron chi connectivity index (χ2n) is 3.71. The molecule has 0 aromatic heterocycles. The zero-order valence-electron chi connectivity index (χ0n) is 8.57. The molecule has 1 aromatic carbocycles. The van der Waals surface area contributed by atoms with E-state index in [1.165, 1.54) is 0 Å². The molecule has 0 radical (unpaired) electrons. The fourth-order valence-corrected chi connectivity index (χ4v) is 2.03. The van der Waals surface area contributed by atoms with Crippen molar-refractivity contribution in [3.63, 3.8) is 0 Å². The van der Waals surface area contributed by atoms with E-state index in [9.17, 15) is 0 Å². The molecular weight excluding hydrogens is 214 g/mol. The summed E-state index contributed by atoms with van der Waals surface area (Å²) >= 11 is 6.09. The Morgan fingerprint density at radius 2 is 2.27 bits per heavy atom. The Morgan fingerprint density at radius 3 is 2.87 bits per heavy atom. The highest BCUT2D eigenvalue weighted by Gasteiger charge is 2.39. The van der Waals surface area contributed by atoms with Gasteiger partial charge in [-0.05, 0) is 13.0 Å². The maximum atomic E-state index is 6.09. The lowest BCUT2D eigenvalue weighted by Gasteiger charge is -2.24. The first-order valence-corrected chi connectivity index (χ1v) is 5.30. The van der Waals surface area contributed by atoms with Gasteiger partial charge in [0.1, 0.15) is 0 Å². The number of benzene rings is 1. The van der Waals surface area contributed by atoms with Crippen molar-refractivity contribution in [2.45, 2.75) is 18.8 Å². The van der Waals surface area contributed by atoms with Crippen molar-refractivity contribution in [3.8, 4) is 0 Å². The molecule has 0 saturated carbocycles. The van der Waals surface area contributed by atoms with Crippen LogP contribution in [0.25, 0.3) is 0 Å². The predicted octanol–water partition coefficient (Wildman–Crippen LogP) is 1.89. The molecular formula is C11H14ClNO2. The molecule has 2 N–H and O–H groups in total. The van der Waals surface area contributed by atoms with E-state index in [-0.39, 0.29) is 6.10 Å². The molecule has 15 heavy (non-hydrogen) atoms. The number of halogens is 1. The van der Waals surface area contributed by atoms with E-state index in [2.05, 4.69) is 0 Å². The lowest BCUT2D eigenvalue weighted by molar-refractivity contribution is -0.160. The summed E-state index contributed by atoms with van der Waals surface area (Å²) < 4.78 is 11.4. The minimum absolute atomic E-state index is 0.0497. The monoisotopic (exact) mass is 227 g/mol. The fourth-order valence-electron chi connectivity index (χ4n) is 1.72. The number of hydrogen-bond acceptors (Lipinski definition) is 3. The van der Waals surface area contributed by atoms with E-state index in [1.54, 1.807) is 0 Å². The van der Waals surface area contributed by atoms with Gasteiger partial charge in [-0.25, -0.2) is 0 Å². The second-order valence-corrected chi connectivity index (χ2v) is 4.12. The maximum Gasteiger partial charge on any atom is 0.193 e.